The van der Waals surface area contributed by atoms with E-state index in [0.29, 0.717) is 0 Å². The van der Waals surface area contributed by atoms with Gasteiger partial charge in [-0.25, -0.2) is 0 Å². The highest BCUT2D eigenvalue weighted by Gasteiger charge is 2.04. The quantitative estimate of drug-likeness (QED) is 0.678. The first-order chi connectivity index (χ1) is 4.45. The van der Waals surface area contributed by atoms with Gasteiger partial charge in [-0.1, -0.05) is 6.92 Å². The lowest BCUT2D eigenvalue weighted by molar-refractivity contribution is 0.495. The summed E-state index contributed by atoms with van der Waals surface area (Å²) in [6, 6.07) is 0. The van der Waals surface area contributed by atoms with Crippen LogP contribution in [-0.2, 0) is 4.57 Å². The number of thioether (sulfide) groups is 1. The van der Waals surface area contributed by atoms with Gasteiger partial charge in [-0.15, -0.1) is 11.8 Å². The molecular weight excluding hydrogens is 167 g/mol. The fourth-order valence-corrected chi connectivity index (χ4v) is 2.62. The van der Waals surface area contributed by atoms with Gasteiger partial charge in [-0.3, -0.25) is 4.57 Å². The molecule has 0 bridgehead atoms. The van der Waals surface area contributed by atoms with E-state index < -0.39 is 7.37 Å². The zero-order valence-electron chi connectivity index (χ0n) is 6.50. The molecule has 1 atom stereocenters. The average Bonchev–Trinajstić information content (AvgIpc) is 1.59. The summed E-state index contributed by atoms with van der Waals surface area (Å²) in [5, 5.41) is 0. The molecule has 0 aliphatic carbocycles. The van der Waals surface area contributed by atoms with Gasteiger partial charge in [0.1, 0.15) is 0 Å². The van der Waals surface area contributed by atoms with Gasteiger partial charge in [0.25, 0.3) is 0 Å². The Balaban J connectivity index is 4.04. The molecule has 10 heavy (non-hydrogen) atoms. The maximum Gasteiger partial charge on any atom is 0.220 e. The summed E-state index contributed by atoms with van der Waals surface area (Å²) in [5.41, 5.74) is 0. The van der Waals surface area contributed by atoms with Crippen LogP contribution in [0.3, 0.4) is 0 Å². The van der Waals surface area contributed by atoms with E-state index in [1.165, 1.54) is 12.5 Å². The Morgan fingerprint density at radius 2 is 2.30 bits per heavy atom. The van der Waals surface area contributed by atoms with Crippen molar-refractivity contribution in [2.75, 3.05) is 12.4 Å². The van der Waals surface area contributed by atoms with E-state index in [1.54, 1.807) is 11.8 Å². The molecule has 1 unspecified atom stereocenters. The van der Waals surface area contributed by atoms with Crippen LogP contribution in [0, 0.1) is 0 Å². The molecular formula is C6H13O2PS. The first-order valence-corrected chi connectivity index (χ1v) is 6.24. The van der Waals surface area contributed by atoms with Gasteiger partial charge >= 0.3 is 0 Å². The van der Waals surface area contributed by atoms with E-state index in [1.807, 2.05) is 13.8 Å². The molecule has 0 aromatic carbocycles. The lowest BCUT2D eigenvalue weighted by Gasteiger charge is -1.99. The van der Waals surface area contributed by atoms with Gasteiger partial charge in [-0.2, -0.15) is 0 Å². The summed E-state index contributed by atoms with van der Waals surface area (Å²) in [7, 11) is -2.93. The normalized spacial score (nSPS) is 18.6. The number of hydrogen-bond acceptors (Lipinski definition) is 2. The van der Waals surface area contributed by atoms with Crippen LogP contribution in [0.25, 0.3) is 0 Å². The predicted molar refractivity (Wildman–Crippen MR) is 47.6 cm³/mol. The summed E-state index contributed by atoms with van der Waals surface area (Å²) in [6.07, 6.45) is 0. The largest absolute Gasteiger partial charge is 0.342 e. The molecule has 2 nitrogen and oxygen atoms in total. The fourth-order valence-electron chi connectivity index (χ4n) is 0.602. The van der Waals surface area contributed by atoms with Crippen molar-refractivity contribution in [3.8, 4) is 0 Å². The Kier molecular flexibility index (Phi) is 4.34. The minimum Gasteiger partial charge on any atom is -0.342 e. The Labute approximate surface area is 66.2 Å². The van der Waals surface area contributed by atoms with Crippen LogP contribution in [0.4, 0.5) is 0 Å². The first kappa shape index (κ1) is 10.3. The van der Waals surface area contributed by atoms with Gasteiger partial charge in [-0.05, 0) is 17.6 Å². The molecule has 0 heterocycles. The molecule has 0 aliphatic rings. The van der Waals surface area contributed by atoms with E-state index in [0.717, 1.165) is 10.7 Å². The van der Waals surface area contributed by atoms with E-state index in [4.69, 9.17) is 4.89 Å². The van der Waals surface area contributed by atoms with E-state index >= 15 is 0 Å². The van der Waals surface area contributed by atoms with Crippen LogP contribution in [0.1, 0.15) is 13.8 Å². The van der Waals surface area contributed by atoms with Crippen molar-refractivity contribution >= 4 is 19.1 Å². The van der Waals surface area contributed by atoms with Crippen LogP contribution in [0.2, 0.25) is 0 Å². The molecule has 0 aromatic heterocycles. The molecule has 0 spiro atoms. The minimum absolute atomic E-state index is 0.927. The maximum atomic E-state index is 10.8. The van der Waals surface area contributed by atoms with E-state index in [9.17, 15) is 4.57 Å². The van der Waals surface area contributed by atoms with Crippen LogP contribution in [0.5, 0.6) is 0 Å². The summed E-state index contributed by atoms with van der Waals surface area (Å²) in [5.74, 6) is 2.38. The monoisotopic (exact) mass is 180 g/mol. The molecule has 4 heteroatoms. The third-order valence-corrected chi connectivity index (χ3v) is 2.70. The van der Waals surface area contributed by atoms with Crippen molar-refractivity contribution in [2.45, 2.75) is 13.8 Å². The van der Waals surface area contributed by atoms with Gasteiger partial charge in [0, 0.05) is 12.5 Å². The van der Waals surface area contributed by atoms with Crippen molar-refractivity contribution in [1.29, 1.82) is 0 Å². The summed E-state index contributed by atoms with van der Waals surface area (Å²) in [6.45, 7) is 5.20. The highest BCUT2D eigenvalue weighted by Crippen LogP contribution is 2.40. The number of rotatable bonds is 3. The van der Waals surface area contributed by atoms with Crippen molar-refractivity contribution < 1.29 is 9.46 Å². The smallest absolute Gasteiger partial charge is 0.220 e. The third-order valence-electron chi connectivity index (χ3n) is 0.793. The predicted octanol–water partition coefficient (Wildman–Crippen LogP) is 2.50. The zero-order valence-corrected chi connectivity index (χ0v) is 8.21. The first-order valence-electron chi connectivity index (χ1n) is 3.08. The van der Waals surface area contributed by atoms with Gasteiger partial charge in [0.05, 0.1) is 0 Å². The molecule has 0 saturated carbocycles. The van der Waals surface area contributed by atoms with Crippen molar-refractivity contribution in [2.24, 2.45) is 0 Å². The van der Waals surface area contributed by atoms with Gasteiger partial charge in [0.15, 0.2) is 0 Å². The summed E-state index contributed by atoms with van der Waals surface area (Å²) < 4.78 is 10.8. The van der Waals surface area contributed by atoms with Crippen LogP contribution in [-0.4, -0.2) is 17.3 Å². The second-order valence-corrected chi connectivity index (χ2v) is 5.77. The molecule has 0 amide bonds. The van der Waals surface area contributed by atoms with Crippen LogP contribution < -0.4 is 0 Å². The molecule has 1 N–H and O–H groups in total. The molecule has 60 valence electrons. The highest BCUT2D eigenvalue weighted by molar-refractivity contribution is 8.03. The van der Waals surface area contributed by atoms with Crippen molar-refractivity contribution in [1.82, 2.24) is 0 Å². The standard InChI is InChI=1S/C6H13O2PS/c1-4-10-6(2)5-9(3,7)8/h5H,4H2,1-3H3,(H,7,8). The molecule has 0 aromatic rings. The second-order valence-electron chi connectivity index (χ2n) is 2.12. The molecule has 0 saturated heterocycles. The van der Waals surface area contributed by atoms with E-state index in [2.05, 4.69) is 0 Å². The molecule has 0 rings (SSSR count). The van der Waals surface area contributed by atoms with Crippen LogP contribution >= 0.6 is 19.1 Å². The Hall–Kier alpha value is 0.280. The van der Waals surface area contributed by atoms with Crippen LogP contribution in [0.15, 0.2) is 10.7 Å². The van der Waals surface area contributed by atoms with Crippen molar-refractivity contribution in [3.05, 3.63) is 10.7 Å². The number of allylic oxidation sites excluding steroid dienone is 1. The Bertz CT molecular complexity index is 171. The lowest BCUT2D eigenvalue weighted by Crippen LogP contribution is -1.73. The minimum atomic E-state index is -2.93. The second kappa shape index (κ2) is 4.22. The van der Waals surface area contributed by atoms with Gasteiger partial charge < -0.3 is 4.89 Å². The Morgan fingerprint density at radius 3 is 2.60 bits per heavy atom. The zero-order chi connectivity index (χ0) is 8.20. The van der Waals surface area contributed by atoms with Gasteiger partial charge in [0.2, 0.25) is 7.37 Å². The molecule has 0 fully saturated rings. The topological polar surface area (TPSA) is 37.3 Å². The van der Waals surface area contributed by atoms with E-state index in [-0.39, 0.29) is 0 Å². The third kappa shape index (κ3) is 6.40. The maximum absolute atomic E-state index is 10.8. The highest BCUT2D eigenvalue weighted by atomic mass is 32.2. The number of hydrogen-bond donors (Lipinski definition) is 1. The molecule has 0 aliphatic heterocycles. The summed E-state index contributed by atoms with van der Waals surface area (Å²) >= 11 is 1.59. The summed E-state index contributed by atoms with van der Waals surface area (Å²) in [4.78, 5) is 9.81. The average molecular weight is 180 g/mol. The van der Waals surface area contributed by atoms with Crippen molar-refractivity contribution in [3.63, 3.8) is 0 Å². The SMILES string of the molecule is CCSC(C)=CP(C)(=O)O. The molecule has 0 radical (unpaired) electrons. The Morgan fingerprint density at radius 1 is 1.80 bits per heavy atom. The fraction of sp³-hybridized carbons (Fsp3) is 0.667. The lowest BCUT2D eigenvalue weighted by atomic mass is 10.8.